The number of carboxylic acids is 2. The van der Waals surface area contributed by atoms with E-state index in [9.17, 15) is 8.42 Å². The average Bonchev–Trinajstić information content (AvgIpc) is 2.62. The van der Waals surface area contributed by atoms with Gasteiger partial charge in [0, 0.05) is 18.1 Å². The van der Waals surface area contributed by atoms with Crippen LogP contribution in [0.5, 0.6) is 0 Å². The van der Waals surface area contributed by atoms with Gasteiger partial charge in [0.05, 0.1) is 4.90 Å². The smallest absolute Gasteiger partial charge is 0.414 e. The quantitative estimate of drug-likeness (QED) is 0.609. The van der Waals surface area contributed by atoms with Crippen molar-refractivity contribution in [3.05, 3.63) is 30.3 Å². The molecule has 0 unspecified atom stereocenters. The van der Waals surface area contributed by atoms with Gasteiger partial charge in [0.25, 0.3) is 0 Å². The van der Waals surface area contributed by atoms with Crippen molar-refractivity contribution in [1.29, 1.82) is 0 Å². The lowest BCUT2D eigenvalue weighted by atomic mass is 9.93. The van der Waals surface area contributed by atoms with Crippen molar-refractivity contribution in [3.8, 4) is 0 Å². The fourth-order valence-electron chi connectivity index (χ4n) is 3.33. The molecule has 0 heterocycles. The Kier molecular flexibility index (Phi) is 9.06. The second-order valence-corrected chi connectivity index (χ2v) is 9.30. The zero-order chi connectivity index (χ0) is 21.4. The highest BCUT2D eigenvalue weighted by Crippen LogP contribution is 2.23. The van der Waals surface area contributed by atoms with Crippen LogP contribution in [0.4, 0.5) is 0 Å². The predicted octanol–water partition coefficient (Wildman–Crippen LogP) is 2.16. The van der Waals surface area contributed by atoms with Gasteiger partial charge >= 0.3 is 11.9 Å². The Morgan fingerprint density at radius 2 is 1.57 bits per heavy atom. The SMILES string of the molecule is CN(CC(C)(C)NS(=O)(=O)c1ccccc1)C1CCCCC1.O=C(O)C(=O)O. The molecule has 2 rings (SSSR count). The Hall–Kier alpha value is -1.97. The molecule has 1 aliphatic carbocycles. The van der Waals surface area contributed by atoms with Crippen molar-refractivity contribution >= 4 is 22.0 Å². The molecule has 0 aromatic heterocycles. The van der Waals surface area contributed by atoms with Gasteiger partial charge in [-0.05, 0) is 45.9 Å². The molecule has 0 spiro atoms. The zero-order valence-corrected chi connectivity index (χ0v) is 17.4. The van der Waals surface area contributed by atoms with E-state index in [0.717, 1.165) is 0 Å². The van der Waals surface area contributed by atoms with Crippen LogP contribution in [-0.4, -0.2) is 60.6 Å². The number of nitrogens with zero attached hydrogens (tertiary/aromatic N) is 1. The monoisotopic (exact) mass is 414 g/mol. The normalized spacial score (nSPS) is 15.6. The molecule has 0 amide bonds. The first kappa shape index (κ1) is 24.1. The summed E-state index contributed by atoms with van der Waals surface area (Å²) in [7, 11) is -1.37. The number of hydrogen-bond donors (Lipinski definition) is 3. The number of rotatable bonds is 6. The van der Waals surface area contributed by atoms with E-state index in [1.807, 2.05) is 19.9 Å². The maximum Gasteiger partial charge on any atom is 0.414 e. The number of sulfonamides is 1. The molecule has 0 atom stereocenters. The van der Waals surface area contributed by atoms with Crippen LogP contribution in [0.1, 0.15) is 46.0 Å². The van der Waals surface area contributed by atoms with Crippen molar-refractivity contribution in [2.45, 2.75) is 62.4 Å². The first-order valence-electron chi connectivity index (χ1n) is 9.20. The number of nitrogens with one attached hydrogen (secondary N) is 1. The zero-order valence-electron chi connectivity index (χ0n) is 16.6. The van der Waals surface area contributed by atoms with E-state index in [-0.39, 0.29) is 0 Å². The van der Waals surface area contributed by atoms with Crippen LogP contribution in [0.3, 0.4) is 0 Å². The minimum Gasteiger partial charge on any atom is -0.473 e. The maximum absolute atomic E-state index is 12.5. The van der Waals surface area contributed by atoms with Crippen molar-refractivity contribution in [2.75, 3.05) is 13.6 Å². The number of carboxylic acid groups (broad SMARTS) is 2. The van der Waals surface area contributed by atoms with Gasteiger partial charge in [0.1, 0.15) is 0 Å². The van der Waals surface area contributed by atoms with E-state index in [2.05, 4.69) is 16.7 Å². The minimum absolute atomic E-state index is 0.323. The number of hydrogen-bond acceptors (Lipinski definition) is 5. The Balaban J connectivity index is 0.000000568. The first-order valence-corrected chi connectivity index (χ1v) is 10.7. The van der Waals surface area contributed by atoms with Crippen molar-refractivity contribution in [2.24, 2.45) is 0 Å². The standard InChI is InChI=1S/C17H28N2O2S.C2H2O4/c1-17(2,14-19(3)15-10-6-4-7-11-15)18-22(20,21)16-12-8-5-9-13-16;3-1(4)2(5)6/h5,8-9,12-13,15,18H,4,6-7,10-11,14H2,1-3H3;(H,3,4)(H,5,6). The lowest BCUT2D eigenvalue weighted by Crippen LogP contribution is -2.52. The molecule has 0 saturated heterocycles. The molecule has 1 aliphatic rings. The molecule has 1 saturated carbocycles. The average molecular weight is 415 g/mol. The molecule has 1 aromatic rings. The summed E-state index contributed by atoms with van der Waals surface area (Å²) in [5.74, 6) is -3.65. The Morgan fingerprint density at radius 1 is 1.07 bits per heavy atom. The van der Waals surface area contributed by atoms with Crippen LogP contribution in [0.25, 0.3) is 0 Å². The molecule has 9 heteroatoms. The third-order valence-electron chi connectivity index (χ3n) is 4.49. The van der Waals surface area contributed by atoms with Crippen LogP contribution in [0.2, 0.25) is 0 Å². The van der Waals surface area contributed by atoms with Crippen molar-refractivity contribution in [3.63, 3.8) is 0 Å². The summed E-state index contributed by atoms with van der Waals surface area (Å²) in [4.78, 5) is 20.8. The summed E-state index contributed by atoms with van der Waals surface area (Å²) in [6.45, 7) is 4.61. The molecular formula is C19H30N2O6S. The highest BCUT2D eigenvalue weighted by Gasteiger charge is 2.29. The fourth-order valence-corrected chi connectivity index (χ4v) is 4.75. The molecule has 0 aliphatic heterocycles. The molecule has 0 radical (unpaired) electrons. The molecular weight excluding hydrogens is 384 g/mol. The Labute approximate surface area is 166 Å². The summed E-state index contributed by atoms with van der Waals surface area (Å²) < 4.78 is 27.8. The topological polar surface area (TPSA) is 124 Å². The van der Waals surface area contributed by atoms with Gasteiger partial charge in [0.15, 0.2) is 0 Å². The van der Waals surface area contributed by atoms with E-state index in [0.29, 0.717) is 17.5 Å². The maximum atomic E-state index is 12.5. The molecule has 3 N–H and O–H groups in total. The van der Waals surface area contributed by atoms with Gasteiger partial charge in [-0.15, -0.1) is 0 Å². The van der Waals surface area contributed by atoms with Crippen LogP contribution < -0.4 is 4.72 Å². The fraction of sp³-hybridized carbons (Fsp3) is 0.579. The lowest BCUT2D eigenvalue weighted by Gasteiger charge is -2.37. The Morgan fingerprint density at radius 3 is 2.04 bits per heavy atom. The Bertz CT molecular complexity index is 731. The van der Waals surface area contributed by atoms with Gasteiger partial charge in [0.2, 0.25) is 10.0 Å². The summed E-state index contributed by atoms with van der Waals surface area (Å²) >= 11 is 0. The van der Waals surface area contributed by atoms with E-state index < -0.39 is 27.5 Å². The predicted molar refractivity (Wildman–Crippen MR) is 106 cm³/mol. The first-order chi connectivity index (χ1) is 12.9. The minimum atomic E-state index is -3.47. The van der Waals surface area contributed by atoms with Crippen LogP contribution in [0.15, 0.2) is 35.2 Å². The number of aliphatic carboxylic acids is 2. The second-order valence-electron chi connectivity index (χ2n) is 7.62. The molecule has 0 bridgehead atoms. The molecule has 1 aromatic carbocycles. The number of carbonyl (C=O) groups is 2. The van der Waals surface area contributed by atoms with Gasteiger partial charge in [-0.25, -0.2) is 22.7 Å². The largest absolute Gasteiger partial charge is 0.473 e. The number of benzene rings is 1. The van der Waals surface area contributed by atoms with Gasteiger partial charge in [-0.3, -0.25) is 0 Å². The highest BCUT2D eigenvalue weighted by molar-refractivity contribution is 7.89. The van der Waals surface area contributed by atoms with E-state index in [4.69, 9.17) is 19.8 Å². The summed E-state index contributed by atoms with van der Waals surface area (Å²) in [6.07, 6.45) is 6.33. The molecule has 28 heavy (non-hydrogen) atoms. The molecule has 1 fully saturated rings. The summed E-state index contributed by atoms with van der Waals surface area (Å²) in [5.41, 5.74) is -0.499. The third kappa shape index (κ3) is 8.37. The van der Waals surface area contributed by atoms with E-state index in [1.165, 1.54) is 32.1 Å². The van der Waals surface area contributed by atoms with Gasteiger partial charge in [-0.1, -0.05) is 37.5 Å². The van der Waals surface area contributed by atoms with Crippen molar-refractivity contribution in [1.82, 2.24) is 9.62 Å². The van der Waals surface area contributed by atoms with Gasteiger partial charge in [-0.2, -0.15) is 0 Å². The van der Waals surface area contributed by atoms with E-state index in [1.54, 1.807) is 24.3 Å². The summed E-state index contributed by atoms with van der Waals surface area (Å²) in [6, 6.07) is 9.15. The number of likely N-dealkylation sites (N-methyl/N-ethyl adjacent to an activating group) is 1. The highest BCUT2D eigenvalue weighted by atomic mass is 32.2. The molecule has 8 nitrogen and oxygen atoms in total. The molecule has 158 valence electrons. The van der Waals surface area contributed by atoms with Crippen LogP contribution in [0, 0.1) is 0 Å². The van der Waals surface area contributed by atoms with Crippen LogP contribution in [-0.2, 0) is 19.6 Å². The third-order valence-corrected chi connectivity index (χ3v) is 6.20. The second kappa shape index (κ2) is 10.5. The van der Waals surface area contributed by atoms with Crippen molar-refractivity contribution < 1.29 is 28.2 Å². The lowest BCUT2D eigenvalue weighted by molar-refractivity contribution is -0.159. The van der Waals surface area contributed by atoms with E-state index >= 15 is 0 Å². The van der Waals surface area contributed by atoms with Gasteiger partial charge < -0.3 is 15.1 Å². The van der Waals surface area contributed by atoms with Crippen LogP contribution >= 0.6 is 0 Å². The summed E-state index contributed by atoms with van der Waals surface area (Å²) in [5, 5.41) is 14.8.